The van der Waals surface area contributed by atoms with Crippen molar-refractivity contribution in [3.63, 3.8) is 0 Å². The number of hydrogen-bond donors (Lipinski definition) is 1. The van der Waals surface area contributed by atoms with Crippen LogP contribution in [-0.4, -0.2) is 33.9 Å². The van der Waals surface area contributed by atoms with Crippen LogP contribution in [0.2, 0.25) is 0 Å². The molecule has 2 aromatic carbocycles. The Kier molecular flexibility index (Phi) is 6.40. The summed E-state index contributed by atoms with van der Waals surface area (Å²) in [6.07, 6.45) is 0.918. The van der Waals surface area contributed by atoms with Crippen LogP contribution in [0.25, 0.3) is 16.7 Å². The molecule has 0 unspecified atom stereocenters. The molecule has 0 saturated heterocycles. The van der Waals surface area contributed by atoms with E-state index in [4.69, 9.17) is 9.72 Å². The molecule has 0 aliphatic carbocycles. The highest BCUT2D eigenvalue weighted by Crippen LogP contribution is 2.28. The lowest BCUT2D eigenvalue weighted by Crippen LogP contribution is -2.33. The minimum absolute atomic E-state index is 0.0275. The number of nitrogens with one attached hydrogen (secondary N) is 1. The molecule has 142 valence electrons. The summed E-state index contributed by atoms with van der Waals surface area (Å²) in [5, 5.41) is 3.81. The molecule has 1 aromatic heterocycles. The van der Waals surface area contributed by atoms with Crippen LogP contribution in [0.5, 0.6) is 5.75 Å². The lowest BCUT2D eigenvalue weighted by atomic mass is 10.2. The first-order valence-corrected chi connectivity index (χ1v) is 10.2. The standard InChI is InChI=1S/C21H25N3O2S/c1-4-15(3)22-20(25)14-27-21-23-18-8-6-7-9-19(18)24(21)16-10-12-17(13-11-16)26-5-2/h6-13,15H,4-5,14H2,1-3H3,(H,22,25)/t15-/m0/s1. The van der Waals surface area contributed by atoms with Crippen LogP contribution in [0.1, 0.15) is 27.2 Å². The molecule has 0 fully saturated rings. The molecule has 1 amide bonds. The van der Waals surface area contributed by atoms with Gasteiger partial charge in [-0.2, -0.15) is 0 Å². The van der Waals surface area contributed by atoms with Crippen LogP contribution >= 0.6 is 11.8 Å². The van der Waals surface area contributed by atoms with E-state index in [2.05, 4.69) is 16.8 Å². The van der Waals surface area contributed by atoms with Gasteiger partial charge in [0.25, 0.3) is 0 Å². The van der Waals surface area contributed by atoms with E-state index in [0.29, 0.717) is 12.4 Å². The van der Waals surface area contributed by atoms with Gasteiger partial charge in [0.2, 0.25) is 5.91 Å². The van der Waals surface area contributed by atoms with Gasteiger partial charge in [-0.1, -0.05) is 30.8 Å². The molecule has 0 radical (unpaired) electrons. The van der Waals surface area contributed by atoms with E-state index in [0.717, 1.165) is 34.0 Å². The van der Waals surface area contributed by atoms with E-state index in [-0.39, 0.29) is 11.9 Å². The summed E-state index contributed by atoms with van der Waals surface area (Å²) in [6, 6.07) is 16.1. The number of aromatic nitrogens is 2. The zero-order valence-electron chi connectivity index (χ0n) is 15.9. The molecular formula is C21H25N3O2S. The van der Waals surface area contributed by atoms with E-state index >= 15 is 0 Å². The lowest BCUT2D eigenvalue weighted by Gasteiger charge is -2.12. The molecule has 0 bridgehead atoms. The van der Waals surface area contributed by atoms with Gasteiger partial charge in [-0.15, -0.1) is 0 Å². The number of carbonyl (C=O) groups is 1. The minimum Gasteiger partial charge on any atom is -0.494 e. The van der Waals surface area contributed by atoms with Gasteiger partial charge in [0.15, 0.2) is 5.16 Å². The van der Waals surface area contributed by atoms with Crippen molar-refractivity contribution in [2.45, 2.75) is 38.4 Å². The molecule has 1 atom stereocenters. The minimum atomic E-state index is 0.0275. The van der Waals surface area contributed by atoms with Gasteiger partial charge in [-0.25, -0.2) is 4.98 Å². The van der Waals surface area contributed by atoms with Crippen molar-refractivity contribution < 1.29 is 9.53 Å². The first kappa shape index (κ1) is 19.3. The summed E-state index contributed by atoms with van der Waals surface area (Å²) in [7, 11) is 0. The average Bonchev–Trinajstić information content (AvgIpc) is 3.05. The van der Waals surface area contributed by atoms with Crippen LogP contribution < -0.4 is 10.1 Å². The van der Waals surface area contributed by atoms with Crippen LogP contribution in [0.15, 0.2) is 53.7 Å². The number of amides is 1. The van der Waals surface area contributed by atoms with Gasteiger partial charge in [0.1, 0.15) is 5.75 Å². The molecule has 0 aliphatic rings. The number of ether oxygens (including phenoxy) is 1. The second-order valence-electron chi connectivity index (χ2n) is 6.31. The monoisotopic (exact) mass is 383 g/mol. The molecule has 1 N–H and O–H groups in total. The highest BCUT2D eigenvalue weighted by atomic mass is 32.2. The predicted molar refractivity (Wildman–Crippen MR) is 111 cm³/mol. The number of fused-ring (bicyclic) bond motifs is 1. The SMILES string of the molecule is CCOc1ccc(-n2c(SCC(=O)N[C@@H](C)CC)nc3ccccc32)cc1. The highest BCUT2D eigenvalue weighted by Gasteiger charge is 2.15. The summed E-state index contributed by atoms with van der Waals surface area (Å²) in [5.74, 6) is 1.21. The number of rotatable bonds is 8. The Balaban J connectivity index is 1.89. The largest absolute Gasteiger partial charge is 0.494 e. The highest BCUT2D eigenvalue weighted by molar-refractivity contribution is 7.99. The van der Waals surface area contributed by atoms with Crippen molar-refractivity contribution in [3.05, 3.63) is 48.5 Å². The smallest absolute Gasteiger partial charge is 0.230 e. The number of benzene rings is 2. The van der Waals surface area contributed by atoms with E-state index < -0.39 is 0 Å². The molecule has 27 heavy (non-hydrogen) atoms. The van der Waals surface area contributed by atoms with E-state index in [1.807, 2.05) is 62.4 Å². The Bertz CT molecular complexity index is 905. The van der Waals surface area contributed by atoms with E-state index in [1.165, 1.54) is 11.8 Å². The molecular weight excluding hydrogens is 358 g/mol. The Morgan fingerprint density at radius 2 is 1.93 bits per heavy atom. The average molecular weight is 384 g/mol. The van der Waals surface area contributed by atoms with Crippen molar-refractivity contribution in [2.24, 2.45) is 0 Å². The molecule has 1 heterocycles. The summed E-state index contributed by atoms with van der Waals surface area (Å²) >= 11 is 1.45. The quantitative estimate of drug-likeness (QED) is 0.585. The fourth-order valence-electron chi connectivity index (χ4n) is 2.76. The fraction of sp³-hybridized carbons (Fsp3) is 0.333. The zero-order chi connectivity index (χ0) is 19.2. The number of para-hydroxylation sites is 2. The normalized spacial score (nSPS) is 12.1. The molecule has 0 spiro atoms. The van der Waals surface area contributed by atoms with Gasteiger partial charge < -0.3 is 10.1 Å². The summed E-state index contributed by atoms with van der Waals surface area (Å²) in [6.45, 7) is 6.68. The summed E-state index contributed by atoms with van der Waals surface area (Å²) < 4.78 is 7.63. The maximum Gasteiger partial charge on any atom is 0.230 e. The van der Waals surface area contributed by atoms with Gasteiger partial charge in [-0.3, -0.25) is 9.36 Å². The lowest BCUT2D eigenvalue weighted by molar-refractivity contribution is -0.119. The van der Waals surface area contributed by atoms with Crippen LogP contribution in [0.4, 0.5) is 0 Å². The summed E-state index contributed by atoms with van der Waals surface area (Å²) in [4.78, 5) is 16.9. The molecule has 6 heteroatoms. The van der Waals surface area contributed by atoms with E-state index in [1.54, 1.807) is 0 Å². The fourth-order valence-corrected chi connectivity index (χ4v) is 3.60. The second-order valence-corrected chi connectivity index (χ2v) is 7.25. The third-order valence-corrected chi connectivity index (χ3v) is 5.23. The number of thioether (sulfide) groups is 1. The van der Waals surface area contributed by atoms with Crippen molar-refractivity contribution in [2.75, 3.05) is 12.4 Å². The topological polar surface area (TPSA) is 56.1 Å². The van der Waals surface area contributed by atoms with Crippen molar-refractivity contribution in [1.29, 1.82) is 0 Å². The Morgan fingerprint density at radius 1 is 1.19 bits per heavy atom. The molecule has 0 aliphatic heterocycles. The molecule has 3 rings (SSSR count). The van der Waals surface area contributed by atoms with Gasteiger partial charge in [0, 0.05) is 11.7 Å². The van der Waals surface area contributed by atoms with E-state index in [9.17, 15) is 4.79 Å². The first-order chi connectivity index (χ1) is 13.1. The number of carbonyl (C=O) groups excluding carboxylic acids is 1. The van der Waals surface area contributed by atoms with Gasteiger partial charge >= 0.3 is 0 Å². The summed E-state index contributed by atoms with van der Waals surface area (Å²) in [5.41, 5.74) is 2.93. The zero-order valence-corrected chi connectivity index (χ0v) is 16.8. The molecule has 0 saturated carbocycles. The second kappa shape index (κ2) is 8.95. The Morgan fingerprint density at radius 3 is 2.63 bits per heavy atom. The Labute approximate surface area is 164 Å². The first-order valence-electron chi connectivity index (χ1n) is 9.25. The maximum atomic E-state index is 12.2. The maximum absolute atomic E-state index is 12.2. The number of imidazole rings is 1. The van der Waals surface area contributed by atoms with Gasteiger partial charge in [0.05, 0.1) is 23.4 Å². The van der Waals surface area contributed by atoms with Crippen LogP contribution in [-0.2, 0) is 4.79 Å². The van der Waals surface area contributed by atoms with Crippen LogP contribution in [0, 0.1) is 0 Å². The predicted octanol–water partition coefficient (Wildman–Crippen LogP) is 4.43. The molecule has 5 nitrogen and oxygen atoms in total. The van der Waals surface area contributed by atoms with Crippen LogP contribution in [0.3, 0.4) is 0 Å². The Hall–Kier alpha value is -2.47. The van der Waals surface area contributed by atoms with Gasteiger partial charge in [-0.05, 0) is 56.7 Å². The third-order valence-electron chi connectivity index (χ3n) is 4.29. The van der Waals surface area contributed by atoms with Crippen molar-refractivity contribution >= 4 is 28.7 Å². The number of hydrogen-bond acceptors (Lipinski definition) is 4. The van der Waals surface area contributed by atoms with Crippen molar-refractivity contribution in [3.8, 4) is 11.4 Å². The molecule has 3 aromatic rings. The third kappa shape index (κ3) is 4.63. The van der Waals surface area contributed by atoms with Crippen molar-refractivity contribution in [1.82, 2.24) is 14.9 Å². The number of nitrogens with zero attached hydrogens (tertiary/aromatic N) is 2.